The number of carbonyl (C=O) groups excluding carboxylic acids is 4. The lowest BCUT2D eigenvalue weighted by Crippen LogP contribution is -2.59. The van der Waals surface area contributed by atoms with Crippen LogP contribution >= 0.6 is 11.3 Å². The Kier molecular flexibility index (Phi) is 12.3. The number of aromatic nitrogens is 2. The van der Waals surface area contributed by atoms with Gasteiger partial charge >= 0.3 is 6.09 Å². The van der Waals surface area contributed by atoms with Gasteiger partial charge in [0.15, 0.2) is 5.13 Å². The fraction of sp³-hybridized carbons (Fsp3) is 0.561. The van der Waals surface area contributed by atoms with Gasteiger partial charge in [-0.3, -0.25) is 19.1 Å². The van der Waals surface area contributed by atoms with Crippen molar-refractivity contribution in [1.82, 2.24) is 30.2 Å². The van der Waals surface area contributed by atoms with E-state index < -0.39 is 74.3 Å². The Bertz CT molecular complexity index is 2270. The van der Waals surface area contributed by atoms with E-state index >= 15 is 0 Å². The molecule has 2 saturated carbocycles. The summed E-state index contributed by atoms with van der Waals surface area (Å²) in [5.74, 6) is -1.78. The molecule has 0 radical (unpaired) electrons. The third kappa shape index (κ3) is 9.95. The van der Waals surface area contributed by atoms with Gasteiger partial charge in [-0.25, -0.2) is 23.2 Å². The highest BCUT2D eigenvalue weighted by Crippen LogP contribution is 2.46. The molecule has 4 N–H and O–H groups in total. The van der Waals surface area contributed by atoms with Crippen molar-refractivity contribution in [2.75, 3.05) is 32.2 Å². The summed E-state index contributed by atoms with van der Waals surface area (Å²) in [6.45, 7) is 9.07. The molecule has 1 aromatic carbocycles. The van der Waals surface area contributed by atoms with Crippen LogP contribution in [0.15, 0.2) is 41.8 Å². The first-order valence-corrected chi connectivity index (χ1v) is 22.7. The minimum atomic E-state index is -3.93. The van der Waals surface area contributed by atoms with E-state index in [1.807, 2.05) is 49.6 Å². The maximum absolute atomic E-state index is 14.6. The molecule has 2 aromatic heterocycles. The second kappa shape index (κ2) is 17.2. The van der Waals surface area contributed by atoms with Crippen LogP contribution in [0.3, 0.4) is 0 Å². The van der Waals surface area contributed by atoms with Gasteiger partial charge in [-0.15, -0.1) is 11.3 Å². The monoisotopic (exact) mass is 867 g/mol. The van der Waals surface area contributed by atoms with Crippen molar-refractivity contribution in [3.63, 3.8) is 0 Å². The summed E-state index contributed by atoms with van der Waals surface area (Å²) in [7, 11) is -2.36. The van der Waals surface area contributed by atoms with E-state index in [1.54, 1.807) is 33.9 Å². The number of amides is 4. The number of nitrogens with zero attached hydrogens (tertiary/aromatic N) is 3. The summed E-state index contributed by atoms with van der Waals surface area (Å²) in [6.07, 6.45) is 4.18. The largest absolute Gasteiger partial charge is 0.497 e. The molecule has 60 heavy (non-hydrogen) atoms. The summed E-state index contributed by atoms with van der Waals surface area (Å²) >= 11 is 1.44. The summed E-state index contributed by atoms with van der Waals surface area (Å²) < 4.78 is 51.6. The van der Waals surface area contributed by atoms with E-state index in [0.717, 1.165) is 10.5 Å². The fourth-order valence-corrected chi connectivity index (χ4v) is 9.56. The molecule has 2 aliphatic carbocycles. The van der Waals surface area contributed by atoms with Gasteiger partial charge in [-0.05, 0) is 96.4 Å². The fourth-order valence-electron chi connectivity index (χ4n) is 7.35. The molecule has 4 aliphatic rings. The van der Waals surface area contributed by atoms with Crippen LogP contribution in [0.25, 0.3) is 22.2 Å². The minimum Gasteiger partial charge on any atom is -0.497 e. The Balaban J connectivity index is 1.23. The van der Waals surface area contributed by atoms with E-state index in [0.29, 0.717) is 48.2 Å². The lowest BCUT2D eigenvalue weighted by molar-refractivity contribution is -0.142. The highest BCUT2D eigenvalue weighted by Gasteiger charge is 2.62. The first-order valence-electron chi connectivity index (χ1n) is 20.2. The van der Waals surface area contributed by atoms with Gasteiger partial charge in [-0.2, -0.15) is 0 Å². The number of fused-ring (bicyclic) bond motifs is 3. The van der Waals surface area contributed by atoms with Crippen molar-refractivity contribution < 1.29 is 46.5 Å². The maximum atomic E-state index is 14.6. The van der Waals surface area contributed by atoms with Crippen LogP contribution < -0.4 is 30.1 Å². The molecule has 17 nitrogen and oxygen atoms in total. The zero-order valence-corrected chi connectivity index (χ0v) is 36.2. The zero-order valence-electron chi connectivity index (χ0n) is 34.6. The van der Waals surface area contributed by atoms with Crippen molar-refractivity contribution in [2.45, 2.75) is 114 Å². The quantitative estimate of drug-likeness (QED) is 0.210. The number of methoxy groups -OCH3 is 1. The number of nitrogens with one attached hydrogen (secondary N) is 4. The average Bonchev–Trinajstić information content (AvgIpc) is 4.06. The number of benzene rings is 1. The van der Waals surface area contributed by atoms with Gasteiger partial charge in [-0.1, -0.05) is 12.2 Å². The molecule has 19 heteroatoms. The topological polar surface area (TPSA) is 216 Å². The molecule has 4 heterocycles. The van der Waals surface area contributed by atoms with Crippen molar-refractivity contribution in [3.05, 3.63) is 41.8 Å². The van der Waals surface area contributed by atoms with E-state index in [1.165, 1.54) is 16.2 Å². The number of anilines is 1. The zero-order chi connectivity index (χ0) is 43.0. The normalized spacial score (nSPS) is 25.6. The summed E-state index contributed by atoms with van der Waals surface area (Å²) in [4.78, 5) is 67.0. The first kappa shape index (κ1) is 43.1. The number of ether oxygens (including phenoxy) is 4. The number of thiazole rings is 1. The van der Waals surface area contributed by atoms with Gasteiger partial charge in [0, 0.05) is 35.8 Å². The number of rotatable bonds is 10. The number of allylic oxidation sites excluding steroid dienone is 1. The molecular formula is C41H53N7O10S2. The van der Waals surface area contributed by atoms with Crippen molar-refractivity contribution >= 4 is 61.1 Å². The smallest absolute Gasteiger partial charge is 0.408 e. The van der Waals surface area contributed by atoms with Crippen molar-refractivity contribution in [3.8, 4) is 23.0 Å². The van der Waals surface area contributed by atoms with Gasteiger partial charge in [0.2, 0.25) is 27.7 Å². The third-order valence-electron chi connectivity index (χ3n) is 10.6. The third-order valence-corrected chi connectivity index (χ3v) is 13.2. The molecule has 1 unspecified atom stereocenters. The highest BCUT2D eigenvalue weighted by molar-refractivity contribution is 7.91. The summed E-state index contributed by atoms with van der Waals surface area (Å²) in [6, 6.07) is 5.04. The van der Waals surface area contributed by atoms with Crippen LogP contribution in [0.2, 0.25) is 0 Å². The number of carbonyl (C=O) groups is 4. The van der Waals surface area contributed by atoms with Gasteiger partial charge in [0.25, 0.3) is 5.91 Å². The molecule has 1 saturated heterocycles. The van der Waals surface area contributed by atoms with E-state index in [-0.39, 0.29) is 44.5 Å². The molecule has 324 valence electrons. The number of sulfonamides is 1. The Hall–Kier alpha value is -5.01. The van der Waals surface area contributed by atoms with E-state index in [4.69, 9.17) is 28.9 Å². The van der Waals surface area contributed by atoms with E-state index in [2.05, 4.69) is 20.7 Å². The second-order valence-electron chi connectivity index (χ2n) is 17.0. The number of pyridine rings is 1. The molecule has 0 spiro atoms. The molecular weight excluding hydrogens is 815 g/mol. The Morgan fingerprint density at radius 3 is 2.62 bits per heavy atom. The summed E-state index contributed by atoms with van der Waals surface area (Å²) in [5.41, 5.74) is -1.28. The summed E-state index contributed by atoms with van der Waals surface area (Å²) in [5, 5.41) is 12.2. The van der Waals surface area contributed by atoms with Gasteiger partial charge in [0.05, 0.1) is 31.2 Å². The van der Waals surface area contributed by atoms with Crippen LogP contribution in [-0.2, 0) is 33.9 Å². The lowest BCUT2D eigenvalue weighted by atomic mass is 10.1. The molecule has 2 aliphatic heterocycles. The standard InChI is InChI=1S/C41H53N7O10S2/c1-23(2)42-38-44-32(22-59-38)30-17-24-16-26(55-6)11-14-29(24)35(43-30)57-27-18-33-34(49)46-41(37(51)47-60(53,54)28-12-13-28)19-25(41)10-8-7-9-15-56-21-31(36(50)48(33)20-27)45-39(52)58-40(3,4)5/h8,10-11,14,16-17,22-23,25,27-28,31,33H,7,9,12-13,15,18-21H2,1-6H3,(H,42,44)(H,45,52)(H,46,49)(H,47,51)/b10-8-/t25-,27?,31+,33+,41-/m1/s1. The first-order chi connectivity index (χ1) is 28.4. The lowest BCUT2D eigenvalue weighted by Gasteiger charge is -2.30. The minimum absolute atomic E-state index is 0.0289. The van der Waals surface area contributed by atoms with Crippen LogP contribution in [0.1, 0.15) is 73.1 Å². The number of hydrogen-bond acceptors (Lipinski definition) is 14. The van der Waals surface area contributed by atoms with Crippen molar-refractivity contribution in [1.29, 1.82) is 0 Å². The molecule has 7 rings (SSSR count). The second-order valence-corrected chi connectivity index (χ2v) is 19.8. The predicted molar refractivity (Wildman–Crippen MR) is 224 cm³/mol. The van der Waals surface area contributed by atoms with Crippen LogP contribution in [0.4, 0.5) is 9.93 Å². The molecule has 4 amide bonds. The predicted octanol–water partition coefficient (Wildman–Crippen LogP) is 4.28. The highest BCUT2D eigenvalue weighted by atomic mass is 32.2. The maximum Gasteiger partial charge on any atom is 0.408 e. The van der Waals surface area contributed by atoms with Gasteiger partial charge in [0.1, 0.15) is 40.8 Å². The molecule has 5 atom stereocenters. The molecule has 0 bridgehead atoms. The SMILES string of the molecule is COc1ccc2c(OC3C[C@H]4C(=O)N[C@]5(C(=O)NS(=O)(=O)C6CC6)C[C@H]5/C=C\CCCOC[C@H](NC(=O)OC(C)(C)C)C(=O)N4C3)nc(-c3csc(NC(C)C)n3)cc2c1. The van der Waals surface area contributed by atoms with Crippen LogP contribution in [-0.4, -0.2) is 115 Å². The van der Waals surface area contributed by atoms with Crippen LogP contribution in [0.5, 0.6) is 11.6 Å². The Labute approximate surface area is 353 Å². The van der Waals surface area contributed by atoms with Gasteiger partial charge < -0.3 is 39.8 Å². The molecule has 3 fully saturated rings. The number of hydrogen-bond donors (Lipinski definition) is 4. The van der Waals surface area contributed by atoms with Crippen LogP contribution in [0, 0.1) is 5.92 Å². The average molecular weight is 868 g/mol. The van der Waals surface area contributed by atoms with E-state index in [9.17, 15) is 27.6 Å². The Morgan fingerprint density at radius 1 is 1.12 bits per heavy atom. The van der Waals surface area contributed by atoms with Crippen molar-refractivity contribution in [2.24, 2.45) is 5.92 Å². The Morgan fingerprint density at radius 2 is 1.90 bits per heavy atom. The molecule has 3 aromatic rings. The number of alkyl carbamates (subject to hydrolysis) is 1.